The molecule has 0 radical (unpaired) electrons. The third-order valence-corrected chi connectivity index (χ3v) is 6.27. The van der Waals surface area contributed by atoms with Crippen molar-refractivity contribution in [1.82, 2.24) is 5.32 Å². The molecule has 3 heterocycles. The molecular formula is C22H26N2O. The fourth-order valence-electron chi connectivity index (χ4n) is 5.07. The Morgan fingerprint density at radius 1 is 1.08 bits per heavy atom. The van der Waals surface area contributed by atoms with E-state index in [0.717, 1.165) is 18.8 Å². The van der Waals surface area contributed by atoms with Gasteiger partial charge in [-0.3, -0.25) is 0 Å². The normalized spacial score (nSPS) is 24.4. The minimum Gasteiger partial charge on any atom is -0.497 e. The summed E-state index contributed by atoms with van der Waals surface area (Å²) >= 11 is 0. The number of methoxy groups -OCH3 is 1. The Morgan fingerprint density at radius 2 is 1.96 bits per heavy atom. The van der Waals surface area contributed by atoms with Gasteiger partial charge in [0.2, 0.25) is 0 Å². The van der Waals surface area contributed by atoms with Gasteiger partial charge < -0.3 is 15.0 Å². The Bertz CT molecular complexity index is 783. The van der Waals surface area contributed by atoms with Crippen LogP contribution in [-0.4, -0.2) is 32.8 Å². The maximum Gasteiger partial charge on any atom is 0.118 e. The van der Waals surface area contributed by atoms with Gasteiger partial charge in [-0.2, -0.15) is 0 Å². The fourth-order valence-corrected chi connectivity index (χ4v) is 5.07. The molecule has 3 aliphatic rings. The number of aryl methyl sites for hydroxylation is 1. The first-order valence-electron chi connectivity index (χ1n) is 9.64. The molecule has 130 valence electrons. The van der Waals surface area contributed by atoms with Crippen LogP contribution < -0.4 is 15.0 Å². The van der Waals surface area contributed by atoms with Crippen LogP contribution in [0, 0.1) is 0 Å². The first-order valence-corrected chi connectivity index (χ1v) is 9.64. The van der Waals surface area contributed by atoms with E-state index in [9.17, 15) is 0 Å². The number of nitrogens with one attached hydrogen (secondary N) is 1. The summed E-state index contributed by atoms with van der Waals surface area (Å²) in [6.07, 6.45) is 5.12. The highest BCUT2D eigenvalue weighted by Crippen LogP contribution is 2.48. The molecule has 1 N–H and O–H groups in total. The molecule has 0 saturated carbocycles. The standard InChI is InChI=1S/C22H26N2O/c1-25-18-7-5-15(6-8-18)17-12-16-4-2-3-11-24-21-9-10-23-14-20(21)19(13-17)22(16)24/h5-8,12-13,20-21,23H,2-4,9-11,14H2,1H3/t20-,21-/m0/s1. The molecule has 0 aliphatic carbocycles. The van der Waals surface area contributed by atoms with Gasteiger partial charge in [-0.1, -0.05) is 12.1 Å². The summed E-state index contributed by atoms with van der Waals surface area (Å²) in [5.74, 6) is 1.57. The van der Waals surface area contributed by atoms with Crippen LogP contribution >= 0.6 is 0 Å². The van der Waals surface area contributed by atoms with Gasteiger partial charge in [0.1, 0.15) is 5.75 Å². The zero-order chi connectivity index (χ0) is 16.8. The van der Waals surface area contributed by atoms with Crippen molar-refractivity contribution in [2.75, 3.05) is 31.6 Å². The van der Waals surface area contributed by atoms with Crippen molar-refractivity contribution in [3.05, 3.63) is 47.5 Å². The molecular weight excluding hydrogens is 308 g/mol. The summed E-state index contributed by atoms with van der Waals surface area (Å²) in [5, 5.41) is 3.63. The second-order valence-electron chi connectivity index (χ2n) is 7.62. The van der Waals surface area contributed by atoms with Crippen molar-refractivity contribution >= 4 is 5.69 Å². The van der Waals surface area contributed by atoms with Crippen LogP contribution in [0.3, 0.4) is 0 Å². The lowest BCUT2D eigenvalue weighted by atomic mass is 9.87. The topological polar surface area (TPSA) is 24.5 Å². The number of fused-ring (bicyclic) bond motifs is 3. The van der Waals surface area contributed by atoms with Crippen molar-refractivity contribution in [3.8, 4) is 16.9 Å². The maximum atomic E-state index is 5.32. The van der Waals surface area contributed by atoms with Gasteiger partial charge in [0, 0.05) is 30.7 Å². The number of nitrogens with zero attached hydrogens (tertiary/aromatic N) is 1. The molecule has 3 heteroatoms. The average Bonchev–Trinajstić information content (AvgIpc) is 2.83. The minimum absolute atomic E-state index is 0.652. The van der Waals surface area contributed by atoms with E-state index in [4.69, 9.17) is 4.74 Å². The Balaban J connectivity index is 1.63. The van der Waals surface area contributed by atoms with Crippen LogP contribution in [0.4, 0.5) is 5.69 Å². The number of hydrogen-bond donors (Lipinski definition) is 1. The highest BCUT2D eigenvalue weighted by molar-refractivity contribution is 5.76. The summed E-state index contributed by atoms with van der Waals surface area (Å²) in [4.78, 5) is 2.75. The zero-order valence-corrected chi connectivity index (χ0v) is 14.9. The second kappa shape index (κ2) is 6.06. The van der Waals surface area contributed by atoms with Gasteiger partial charge in [0.25, 0.3) is 0 Å². The molecule has 0 amide bonds. The smallest absolute Gasteiger partial charge is 0.118 e. The zero-order valence-electron chi connectivity index (χ0n) is 14.9. The molecule has 0 bridgehead atoms. The minimum atomic E-state index is 0.652. The van der Waals surface area contributed by atoms with Crippen molar-refractivity contribution in [2.45, 2.75) is 37.6 Å². The number of ether oxygens (including phenoxy) is 1. The Hall–Kier alpha value is -2.00. The van der Waals surface area contributed by atoms with Crippen LogP contribution in [-0.2, 0) is 6.42 Å². The van der Waals surface area contributed by atoms with E-state index >= 15 is 0 Å². The van der Waals surface area contributed by atoms with Gasteiger partial charge in [0.05, 0.1) is 7.11 Å². The molecule has 2 aromatic carbocycles. The predicted octanol–water partition coefficient (Wildman–Crippen LogP) is 3.96. The van der Waals surface area contributed by atoms with E-state index in [1.165, 1.54) is 43.4 Å². The number of piperidine rings is 1. The summed E-state index contributed by atoms with van der Waals surface area (Å²) in [6, 6.07) is 14.1. The Kier molecular flexibility index (Phi) is 3.70. The molecule has 5 rings (SSSR count). The number of anilines is 1. The molecule has 0 aromatic heterocycles. The lowest BCUT2D eigenvalue weighted by Crippen LogP contribution is -2.44. The van der Waals surface area contributed by atoms with Crippen LogP contribution in [0.15, 0.2) is 36.4 Å². The lowest BCUT2D eigenvalue weighted by Gasteiger charge is -2.33. The van der Waals surface area contributed by atoms with Crippen molar-refractivity contribution in [2.24, 2.45) is 0 Å². The van der Waals surface area contributed by atoms with Gasteiger partial charge >= 0.3 is 0 Å². The fraction of sp³-hybridized carbons (Fsp3) is 0.455. The van der Waals surface area contributed by atoms with Crippen LogP contribution in [0.2, 0.25) is 0 Å². The van der Waals surface area contributed by atoms with Crippen molar-refractivity contribution in [1.29, 1.82) is 0 Å². The maximum absolute atomic E-state index is 5.32. The SMILES string of the molecule is COc1ccc(-c2cc3c4c(c2)[C@@H]2CNCC[C@@H]2N4CCCC3)cc1. The first-order chi connectivity index (χ1) is 12.3. The third kappa shape index (κ3) is 2.44. The molecule has 2 atom stereocenters. The number of benzene rings is 2. The number of rotatable bonds is 2. The van der Waals surface area contributed by atoms with Crippen LogP contribution in [0.5, 0.6) is 5.75 Å². The summed E-state index contributed by atoms with van der Waals surface area (Å²) in [7, 11) is 1.73. The Morgan fingerprint density at radius 3 is 2.80 bits per heavy atom. The van der Waals surface area contributed by atoms with E-state index in [2.05, 4.69) is 46.6 Å². The van der Waals surface area contributed by atoms with Crippen LogP contribution in [0.1, 0.15) is 36.3 Å². The highest BCUT2D eigenvalue weighted by Gasteiger charge is 2.41. The van der Waals surface area contributed by atoms with Crippen LogP contribution in [0.25, 0.3) is 11.1 Å². The average molecular weight is 334 g/mol. The molecule has 1 saturated heterocycles. The molecule has 2 aromatic rings. The van der Waals surface area contributed by atoms with Gasteiger partial charge in [-0.15, -0.1) is 0 Å². The monoisotopic (exact) mass is 334 g/mol. The first kappa shape index (κ1) is 15.3. The molecule has 25 heavy (non-hydrogen) atoms. The van der Waals surface area contributed by atoms with E-state index in [-0.39, 0.29) is 0 Å². The lowest BCUT2D eigenvalue weighted by molar-refractivity contribution is 0.401. The van der Waals surface area contributed by atoms with Crippen molar-refractivity contribution in [3.63, 3.8) is 0 Å². The molecule has 0 spiro atoms. The van der Waals surface area contributed by atoms with Crippen molar-refractivity contribution < 1.29 is 4.74 Å². The highest BCUT2D eigenvalue weighted by atomic mass is 16.5. The van der Waals surface area contributed by atoms with E-state index in [1.807, 2.05) is 0 Å². The molecule has 3 nitrogen and oxygen atoms in total. The van der Waals surface area contributed by atoms with E-state index < -0.39 is 0 Å². The van der Waals surface area contributed by atoms with Gasteiger partial charge in [-0.05, 0) is 78.7 Å². The molecule has 0 unspecified atom stereocenters. The molecule has 3 aliphatic heterocycles. The molecule has 1 fully saturated rings. The van der Waals surface area contributed by atoms with E-state index in [0.29, 0.717) is 12.0 Å². The third-order valence-electron chi connectivity index (χ3n) is 6.27. The Labute approximate surface area is 150 Å². The number of hydrogen-bond acceptors (Lipinski definition) is 3. The summed E-state index contributed by atoms with van der Waals surface area (Å²) in [5.41, 5.74) is 7.39. The quantitative estimate of drug-likeness (QED) is 0.899. The van der Waals surface area contributed by atoms with Gasteiger partial charge in [0.15, 0.2) is 0 Å². The predicted molar refractivity (Wildman–Crippen MR) is 103 cm³/mol. The second-order valence-corrected chi connectivity index (χ2v) is 7.62. The van der Waals surface area contributed by atoms with Gasteiger partial charge in [-0.25, -0.2) is 0 Å². The van der Waals surface area contributed by atoms with E-state index in [1.54, 1.807) is 23.9 Å². The summed E-state index contributed by atoms with van der Waals surface area (Å²) < 4.78 is 5.32. The summed E-state index contributed by atoms with van der Waals surface area (Å²) in [6.45, 7) is 3.52. The largest absolute Gasteiger partial charge is 0.497 e.